The molecule has 3 heteroatoms. The molecule has 1 N–H and O–H groups in total. The molecule has 0 aliphatic carbocycles. The van der Waals surface area contributed by atoms with Crippen LogP contribution in [0.2, 0.25) is 0 Å². The summed E-state index contributed by atoms with van der Waals surface area (Å²) in [6.45, 7) is 7.43. The fourth-order valence-corrected chi connectivity index (χ4v) is 0.692. The summed E-state index contributed by atoms with van der Waals surface area (Å²) in [6.07, 6.45) is 1.48. The zero-order valence-corrected chi connectivity index (χ0v) is 8.68. The van der Waals surface area contributed by atoms with Crippen molar-refractivity contribution in [3.63, 3.8) is 0 Å². The average Bonchev–Trinajstić information content (AvgIpc) is 1.98. The molecule has 0 aliphatic heterocycles. The Morgan fingerprint density at radius 1 is 1.31 bits per heavy atom. The molecule has 0 aliphatic rings. The topological polar surface area (TPSA) is 46.2 Å². The van der Waals surface area contributed by atoms with Crippen molar-refractivity contribution in [2.75, 3.05) is 6.54 Å². The van der Waals surface area contributed by atoms with E-state index in [-0.39, 0.29) is 24.2 Å². The van der Waals surface area contributed by atoms with Crippen molar-refractivity contribution in [1.29, 1.82) is 0 Å². The molecule has 0 rings (SSSR count). The second-order valence-corrected chi connectivity index (χ2v) is 3.56. The molecule has 0 fully saturated rings. The zero-order chi connectivity index (χ0) is 10.4. The fourth-order valence-electron chi connectivity index (χ4n) is 0.692. The van der Waals surface area contributed by atoms with Gasteiger partial charge >= 0.3 is 0 Å². The monoisotopic (exact) mass is 183 g/mol. The van der Waals surface area contributed by atoms with E-state index in [0.717, 1.165) is 5.57 Å². The Labute approximate surface area is 79.2 Å². The Balaban J connectivity index is 3.84. The number of rotatable bonds is 4. The summed E-state index contributed by atoms with van der Waals surface area (Å²) in [5, 5.41) is 2.53. The second-order valence-electron chi connectivity index (χ2n) is 3.56. The average molecular weight is 183 g/mol. The van der Waals surface area contributed by atoms with E-state index in [1.54, 1.807) is 0 Å². The number of ketones is 1. The second kappa shape index (κ2) is 5.51. The minimum atomic E-state index is -0.200. The van der Waals surface area contributed by atoms with Gasteiger partial charge in [-0.2, -0.15) is 0 Å². The van der Waals surface area contributed by atoms with Crippen molar-refractivity contribution < 1.29 is 9.59 Å². The maximum Gasteiger partial charge on any atom is 0.244 e. The van der Waals surface area contributed by atoms with E-state index in [9.17, 15) is 9.59 Å². The molecule has 0 unspecified atom stereocenters. The predicted molar refractivity (Wildman–Crippen MR) is 52.3 cm³/mol. The standard InChI is InChI=1S/C10H17NO2/c1-7(2)5-10(13)11-6-9(12)8(3)4/h5,8H,6H2,1-4H3,(H,11,13). The van der Waals surface area contributed by atoms with Gasteiger partial charge in [-0.15, -0.1) is 0 Å². The largest absolute Gasteiger partial charge is 0.345 e. The quantitative estimate of drug-likeness (QED) is 0.668. The molecule has 0 atom stereocenters. The Kier molecular flexibility index (Phi) is 5.04. The van der Waals surface area contributed by atoms with E-state index in [4.69, 9.17) is 0 Å². The number of carbonyl (C=O) groups is 2. The van der Waals surface area contributed by atoms with Crippen LogP contribution in [0.4, 0.5) is 0 Å². The molecule has 0 heterocycles. The van der Waals surface area contributed by atoms with Gasteiger partial charge in [0.1, 0.15) is 0 Å². The molecular formula is C10H17NO2. The maximum atomic E-state index is 11.1. The van der Waals surface area contributed by atoms with Gasteiger partial charge in [-0.3, -0.25) is 9.59 Å². The highest BCUT2D eigenvalue weighted by Crippen LogP contribution is 1.92. The molecule has 13 heavy (non-hydrogen) atoms. The number of allylic oxidation sites excluding steroid dienone is 1. The van der Waals surface area contributed by atoms with Crippen molar-refractivity contribution in [3.05, 3.63) is 11.6 Å². The van der Waals surface area contributed by atoms with Crippen LogP contribution in [-0.4, -0.2) is 18.2 Å². The Bertz CT molecular complexity index is 225. The molecule has 0 saturated heterocycles. The third-order valence-electron chi connectivity index (χ3n) is 1.50. The summed E-state index contributed by atoms with van der Waals surface area (Å²) >= 11 is 0. The molecule has 3 nitrogen and oxygen atoms in total. The smallest absolute Gasteiger partial charge is 0.244 e. The molecule has 74 valence electrons. The van der Waals surface area contributed by atoms with Crippen LogP contribution >= 0.6 is 0 Å². The maximum absolute atomic E-state index is 11.1. The van der Waals surface area contributed by atoms with Crippen molar-refractivity contribution in [1.82, 2.24) is 5.32 Å². The van der Waals surface area contributed by atoms with Crippen LogP contribution in [0.25, 0.3) is 0 Å². The van der Waals surface area contributed by atoms with Crippen molar-refractivity contribution in [3.8, 4) is 0 Å². The lowest BCUT2D eigenvalue weighted by Gasteiger charge is -2.04. The van der Waals surface area contributed by atoms with Crippen LogP contribution in [0.5, 0.6) is 0 Å². The molecule has 0 saturated carbocycles. The third kappa shape index (κ3) is 6.08. The molecular weight excluding hydrogens is 166 g/mol. The van der Waals surface area contributed by atoms with Crippen LogP contribution in [0.1, 0.15) is 27.7 Å². The first kappa shape index (κ1) is 11.9. The van der Waals surface area contributed by atoms with Crippen molar-refractivity contribution >= 4 is 11.7 Å². The van der Waals surface area contributed by atoms with Gasteiger partial charge in [0.25, 0.3) is 0 Å². The van der Waals surface area contributed by atoms with Crippen LogP contribution in [0.15, 0.2) is 11.6 Å². The van der Waals surface area contributed by atoms with Gasteiger partial charge in [0, 0.05) is 12.0 Å². The molecule has 0 spiro atoms. The van der Waals surface area contributed by atoms with Gasteiger partial charge in [0.2, 0.25) is 5.91 Å². The van der Waals surface area contributed by atoms with Crippen LogP contribution in [-0.2, 0) is 9.59 Å². The van der Waals surface area contributed by atoms with Crippen LogP contribution < -0.4 is 5.32 Å². The van der Waals surface area contributed by atoms with Gasteiger partial charge in [-0.25, -0.2) is 0 Å². The number of nitrogens with one attached hydrogen (secondary N) is 1. The molecule has 0 aromatic rings. The lowest BCUT2D eigenvalue weighted by atomic mass is 10.1. The summed E-state index contributed by atoms with van der Waals surface area (Å²) in [4.78, 5) is 22.1. The number of Topliss-reactive ketones (excluding diaryl/α,β-unsaturated/α-hetero) is 1. The number of hydrogen-bond donors (Lipinski definition) is 1. The van der Waals surface area contributed by atoms with Crippen LogP contribution in [0.3, 0.4) is 0 Å². The first-order valence-corrected chi connectivity index (χ1v) is 4.39. The van der Waals surface area contributed by atoms with Crippen molar-refractivity contribution in [2.45, 2.75) is 27.7 Å². The fraction of sp³-hybridized carbons (Fsp3) is 0.600. The SMILES string of the molecule is CC(C)=CC(=O)NCC(=O)C(C)C. The molecule has 1 amide bonds. The van der Waals surface area contributed by atoms with Gasteiger partial charge in [0.15, 0.2) is 5.78 Å². The predicted octanol–water partition coefficient (Wildman–Crippen LogP) is 1.29. The summed E-state index contributed by atoms with van der Waals surface area (Å²) < 4.78 is 0. The Morgan fingerprint density at radius 2 is 1.85 bits per heavy atom. The highest BCUT2D eigenvalue weighted by molar-refractivity contribution is 5.92. The third-order valence-corrected chi connectivity index (χ3v) is 1.50. The van der Waals surface area contributed by atoms with Gasteiger partial charge < -0.3 is 5.32 Å². The first-order valence-electron chi connectivity index (χ1n) is 4.39. The summed E-state index contributed by atoms with van der Waals surface area (Å²) in [7, 11) is 0. The van der Waals surface area contributed by atoms with E-state index >= 15 is 0 Å². The van der Waals surface area contributed by atoms with E-state index in [1.807, 2.05) is 27.7 Å². The van der Waals surface area contributed by atoms with E-state index < -0.39 is 0 Å². The van der Waals surface area contributed by atoms with E-state index in [2.05, 4.69) is 5.32 Å². The van der Waals surface area contributed by atoms with Gasteiger partial charge in [-0.1, -0.05) is 19.4 Å². The number of hydrogen-bond acceptors (Lipinski definition) is 2. The molecule has 0 aromatic heterocycles. The zero-order valence-electron chi connectivity index (χ0n) is 8.68. The molecule has 0 radical (unpaired) electrons. The number of amides is 1. The Morgan fingerprint density at radius 3 is 2.23 bits per heavy atom. The summed E-state index contributed by atoms with van der Waals surface area (Å²) in [5.74, 6) is -0.170. The molecule has 0 aromatic carbocycles. The van der Waals surface area contributed by atoms with Crippen LogP contribution in [0, 0.1) is 5.92 Å². The van der Waals surface area contributed by atoms with Gasteiger partial charge in [0.05, 0.1) is 6.54 Å². The highest BCUT2D eigenvalue weighted by atomic mass is 16.2. The van der Waals surface area contributed by atoms with E-state index in [1.165, 1.54) is 6.08 Å². The normalized spacial score (nSPS) is 9.62. The highest BCUT2D eigenvalue weighted by Gasteiger charge is 2.07. The Hall–Kier alpha value is -1.12. The molecule has 0 bridgehead atoms. The minimum Gasteiger partial charge on any atom is -0.345 e. The lowest BCUT2D eigenvalue weighted by Crippen LogP contribution is -2.30. The van der Waals surface area contributed by atoms with Gasteiger partial charge in [-0.05, 0) is 13.8 Å². The minimum absolute atomic E-state index is 0.0213. The van der Waals surface area contributed by atoms with E-state index in [0.29, 0.717) is 0 Å². The first-order chi connectivity index (χ1) is 5.93. The lowest BCUT2D eigenvalue weighted by molar-refractivity contribution is -0.124. The van der Waals surface area contributed by atoms with Crippen molar-refractivity contribution in [2.24, 2.45) is 5.92 Å². The number of carbonyl (C=O) groups excluding carboxylic acids is 2. The summed E-state index contributed by atoms with van der Waals surface area (Å²) in [5.41, 5.74) is 0.925. The summed E-state index contributed by atoms with van der Waals surface area (Å²) in [6, 6.07) is 0.